The van der Waals surface area contributed by atoms with E-state index in [4.69, 9.17) is 4.84 Å². The Kier molecular flexibility index (Phi) is 4.14. The molecule has 1 aliphatic rings. The van der Waals surface area contributed by atoms with Crippen LogP contribution in [0, 0.1) is 0 Å². The minimum absolute atomic E-state index is 0.0308. The smallest absolute Gasteiger partial charge is 0.155 e. The molecule has 1 unspecified atom stereocenters. The van der Waals surface area contributed by atoms with E-state index in [0.717, 1.165) is 22.3 Å². The summed E-state index contributed by atoms with van der Waals surface area (Å²) in [6.45, 7) is 7.19. The molecule has 0 spiro atoms. The molecule has 0 saturated heterocycles. The first-order chi connectivity index (χ1) is 14.0. The van der Waals surface area contributed by atoms with Crippen LogP contribution in [0.5, 0.6) is 5.75 Å². The monoisotopic (exact) mass is 384 g/mol. The van der Waals surface area contributed by atoms with E-state index in [1.54, 1.807) is 0 Å². The van der Waals surface area contributed by atoms with Gasteiger partial charge in [-0.05, 0) is 44.0 Å². The lowest BCUT2D eigenvalue weighted by molar-refractivity contribution is -0.128. The van der Waals surface area contributed by atoms with Gasteiger partial charge in [-0.15, -0.1) is 10.2 Å². The maximum atomic E-state index is 6.33. The summed E-state index contributed by atoms with van der Waals surface area (Å²) in [5, 5.41) is 11.1. The summed E-state index contributed by atoms with van der Waals surface area (Å²) in [6, 6.07) is 24.9. The number of fused-ring (bicyclic) bond motifs is 3. The third-order valence-corrected chi connectivity index (χ3v) is 5.34. The third kappa shape index (κ3) is 3.08. The lowest BCUT2D eigenvalue weighted by Crippen LogP contribution is -2.43. The number of hydrogen-bond acceptors (Lipinski definition) is 4. The lowest BCUT2D eigenvalue weighted by atomic mass is 9.94. The van der Waals surface area contributed by atoms with E-state index in [9.17, 15) is 0 Å². The zero-order valence-corrected chi connectivity index (χ0v) is 16.9. The molecule has 1 atom stereocenters. The molecule has 146 valence electrons. The van der Waals surface area contributed by atoms with Gasteiger partial charge >= 0.3 is 0 Å². The third-order valence-electron chi connectivity index (χ3n) is 5.34. The fourth-order valence-corrected chi connectivity index (χ4v) is 3.99. The number of aromatic nitrogens is 3. The van der Waals surface area contributed by atoms with Gasteiger partial charge in [-0.1, -0.05) is 65.9 Å². The first-order valence-electron chi connectivity index (χ1n) is 9.94. The Morgan fingerprint density at radius 1 is 0.897 bits per heavy atom. The highest BCUT2D eigenvalue weighted by atomic mass is 16.7. The number of hydrogen-bond donors (Lipinski definition) is 0. The summed E-state index contributed by atoms with van der Waals surface area (Å²) >= 11 is 0. The van der Waals surface area contributed by atoms with Crippen LogP contribution in [0.25, 0.3) is 11.0 Å². The second-order valence-electron chi connectivity index (χ2n) is 8.48. The van der Waals surface area contributed by atoms with Gasteiger partial charge in [-0.2, -0.15) is 0 Å². The van der Waals surface area contributed by atoms with E-state index in [2.05, 4.69) is 78.6 Å². The quantitative estimate of drug-likeness (QED) is 0.500. The van der Waals surface area contributed by atoms with Gasteiger partial charge in [0.15, 0.2) is 5.75 Å². The van der Waals surface area contributed by atoms with Crippen molar-refractivity contribution in [3.05, 3.63) is 89.5 Å². The molecule has 0 aliphatic carbocycles. The molecule has 1 aliphatic heterocycles. The van der Waals surface area contributed by atoms with Crippen LogP contribution >= 0.6 is 0 Å². The largest absolute Gasteiger partial charge is 0.404 e. The number of nitrogens with zero attached hydrogens (tertiary/aromatic N) is 4. The molecule has 5 heteroatoms. The van der Waals surface area contributed by atoms with Crippen LogP contribution in [-0.4, -0.2) is 25.6 Å². The van der Waals surface area contributed by atoms with Crippen LogP contribution < -0.4 is 4.84 Å². The fraction of sp³-hybridized carbons (Fsp3) is 0.250. The van der Waals surface area contributed by atoms with Crippen molar-refractivity contribution in [1.82, 2.24) is 20.1 Å². The summed E-state index contributed by atoms with van der Waals surface area (Å²) in [7, 11) is 0. The normalized spacial score (nSPS) is 16.7. The molecule has 0 amide bonds. The SMILES string of the molecule is CC(C)(C)N1Oc2ccc3c(nnn3Cc3ccccc3)c2C1c1ccccc1. The predicted molar refractivity (Wildman–Crippen MR) is 114 cm³/mol. The van der Waals surface area contributed by atoms with Crippen LogP contribution in [0.15, 0.2) is 72.8 Å². The fourth-order valence-electron chi connectivity index (χ4n) is 3.99. The van der Waals surface area contributed by atoms with Crippen LogP contribution in [-0.2, 0) is 6.54 Å². The summed E-state index contributed by atoms with van der Waals surface area (Å²) < 4.78 is 1.97. The second kappa shape index (κ2) is 6.71. The summed E-state index contributed by atoms with van der Waals surface area (Å²) in [5.74, 6) is 0.855. The van der Waals surface area contributed by atoms with E-state index in [-0.39, 0.29) is 11.6 Å². The van der Waals surface area contributed by atoms with Gasteiger partial charge in [0.05, 0.1) is 17.6 Å². The Labute approximate surface area is 170 Å². The van der Waals surface area contributed by atoms with Gasteiger partial charge in [0.1, 0.15) is 11.6 Å². The topological polar surface area (TPSA) is 43.2 Å². The molecule has 0 radical (unpaired) electrons. The lowest BCUT2D eigenvalue weighted by Gasteiger charge is -2.34. The highest BCUT2D eigenvalue weighted by molar-refractivity contribution is 5.82. The van der Waals surface area contributed by atoms with Gasteiger partial charge < -0.3 is 4.84 Å². The average molecular weight is 384 g/mol. The summed E-state index contributed by atoms with van der Waals surface area (Å²) in [5.41, 5.74) is 5.22. The van der Waals surface area contributed by atoms with E-state index in [1.807, 2.05) is 35.0 Å². The standard InChI is InChI=1S/C24H24N4O/c1-24(2,3)28-23(18-12-8-5-9-13-18)21-20(29-28)15-14-19-22(21)25-26-27(19)16-17-10-6-4-7-11-17/h4-15,23H,16H2,1-3H3. The van der Waals surface area contributed by atoms with Crippen molar-refractivity contribution in [1.29, 1.82) is 0 Å². The summed E-state index contributed by atoms with van der Waals surface area (Å²) in [4.78, 5) is 6.33. The Bertz CT molecular complexity index is 1150. The van der Waals surface area contributed by atoms with Crippen molar-refractivity contribution in [3.63, 3.8) is 0 Å². The molecule has 0 fully saturated rings. The molecule has 0 bridgehead atoms. The molecule has 3 aromatic carbocycles. The van der Waals surface area contributed by atoms with E-state index in [0.29, 0.717) is 6.54 Å². The molecule has 0 N–H and O–H groups in total. The van der Waals surface area contributed by atoms with E-state index >= 15 is 0 Å². The van der Waals surface area contributed by atoms with Crippen LogP contribution in [0.4, 0.5) is 0 Å². The minimum Gasteiger partial charge on any atom is -0.404 e. The Morgan fingerprint density at radius 3 is 2.28 bits per heavy atom. The average Bonchev–Trinajstić information content (AvgIpc) is 3.31. The predicted octanol–water partition coefficient (Wildman–Crippen LogP) is 4.98. The van der Waals surface area contributed by atoms with Crippen molar-refractivity contribution < 1.29 is 4.84 Å². The molecule has 4 aromatic rings. The van der Waals surface area contributed by atoms with Gasteiger partial charge in [0.25, 0.3) is 0 Å². The maximum Gasteiger partial charge on any atom is 0.155 e. The van der Waals surface area contributed by atoms with Crippen molar-refractivity contribution in [3.8, 4) is 5.75 Å². The second-order valence-corrected chi connectivity index (χ2v) is 8.48. The molecule has 0 saturated carbocycles. The summed E-state index contributed by atoms with van der Waals surface area (Å²) in [6.07, 6.45) is 0. The van der Waals surface area contributed by atoms with Crippen LogP contribution in [0.2, 0.25) is 0 Å². The number of benzene rings is 3. The first kappa shape index (κ1) is 17.9. The molecule has 5 rings (SSSR count). The van der Waals surface area contributed by atoms with Gasteiger partial charge in [0, 0.05) is 5.54 Å². The molecule has 29 heavy (non-hydrogen) atoms. The van der Waals surface area contributed by atoms with Crippen molar-refractivity contribution >= 4 is 11.0 Å². The number of hydroxylamine groups is 2. The molecular formula is C24H24N4O. The Hall–Kier alpha value is -3.18. The number of rotatable bonds is 3. The van der Waals surface area contributed by atoms with E-state index in [1.165, 1.54) is 11.1 Å². The van der Waals surface area contributed by atoms with Gasteiger partial charge in [-0.25, -0.2) is 4.68 Å². The molecule has 5 nitrogen and oxygen atoms in total. The van der Waals surface area contributed by atoms with Crippen LogP contribution in [0.3, 0.4) is 0 Å². The molecule has 1 aromatic heterocycles. The minimum atomic E-state index is -0.175. The van der Waals surface area contributed by atoms with Crippen molar-refractivity contribution in [2.24, 2.45) is 0 Å². The van der Waals surface area contributed by atoms with E-state index < -0.39 is 0 Å². The zero-order chi connectivity index (χ0) is 20.0. The zero-order valence-electron chi connectivity index (χ0n) is 16.9. The van der Waals surface area contributed by atoms with Crippen molar-refractivity contribution in [2.75, 3.05) is 0 Å². The maximum absolute atomic E-state index is 6.33. The molecule has 2 heterocycles. The highest BCUT2D eigenvalue weighted by Gasteiger charge is 2.42. The first-order valence-corrected chi connectivity index (χ1v) is 9.94. The Balaban J connectivity index is 1.65. The van der Waals surface area contributed by atoms with Crippen molar-refractivity contribution in [2.45, 2.75) is 38.9 Å². The van der Waals surface area contributed by atoms with Gasteiger partial charge in [-0.3, -0.25) is 0 Å². The van der Waals surface area contributed by atoms with Crippen LogP contribution in [0.1, 0.15) is 43.5 Å². The van der Waals surface area contributed by atoms with Gasteiger partial charge in [0.2, 0.25) is 0 Å². The Morgan fingerprint density at radius 2 is 1.59 bits per heavy atom. The highest BCUT2D eigenvalue weighted by Crippen LogP contribution is 2.47. The molecular weight excluding hydrogens is 360 g/mol.